The number of hydrogen-bond donors (Lipinski definition) is 4. The maximum atomic E-state index is 9.52. The van der Waals surface area contributed by atoms with Crippen LogP contribution in [0.25, 0.3) is 0 Å². The predicted molar refractivity (Wildman–Crippen MR) is 47.9 cm³/mol. The lowest BCUT2D eigenvalue weighted by atomic mass is 10.5. The van der Waals surface area contributed by atoms with Gasteiger partial charge in [0.1, 0.15) is 0 Å². The molecule has 0 bridgehead atoms. The molecular formula is C7H15NO6. The summed E-state index contributed by atoms with van der Waals surface area (Å²) in [6, 6.07) is 0. The highest BCUT2D eigenvalue weighted by molar-refractivity contribution is 5.66. The zero-order valence-electron chi connectivity index (χ0n) is 8.06. The quantitative estimate of drug-likeness (QED) is 0.485. The fraction of sp³-hybridized carbons (Fsp3) is 0.571. The van der Waals surface area contributed by atoms with Crippen molar-refractivity contribution in [1.29, 1.82) is 0 Å². The number of rotatable bonds is 2. The molecule has 0 aromatic heterocycles. The third-order valence-corrected chi connectivity index (χ3v) is 0.358. The highest BCUT2D eigenvalue weighted by atomic mass is 16.4. The minimum atomic E-state index is -0.836. The van der Waals surface area contributed by atoms with E-state index in [0.717, 1.165) is 13.8 Å². The molecule has 0 aromatic rings. The molecule has 0 atom stereocenters. The topological polar surface area (TPSA) is 138 Å². The first-order valence-corrected chi connectivity index (χ1v) is 3.54. The summed E-state index contributed by atoms with van der Waals surface area (Å²) >= 11 is 0. The fourth-order valence-electron chi connectivity index (χ4n) is 0.123. The van der Waals surface area contributed by atoms with Gasteiger partial charge < -0.3 is 21.1 Å². The smallest absolute Gasteiger partial charge is 0.304 e. The second-order valence-electron chi connectivity index (χ2n) is 1.97. The number of aliphatic carboxylic acids is 3. The van der Waals surface area contributed by atoms with E-state index in [1.54, 1.807) is 0 Å². The van der Waals surface area contributed by atoms with Crippen molar-refractivity contribution in [1.82, 2.24) is 0 Å². The average Bonchev–Trinajstić information content (AvgIpc) is 1.82. The lowest BCUT2D eigenvalue weighted by Crippen LogP contribution is -2.05. The Labute approximate surface area is 81.1 Å². The molecule has 0 saturated heterocycles. The summed E-state index contributed by atoms with van der Waals surface area (Å²) in [4.78, 5) is 27.5. The zero-order chi connectivity index (χ0) is 12.1. The van der Waals surface area contributed by atoms with E-state index in [-0.39, 0.29) is 13.0 Å². The second-order valence-corrected chi connectivity index (χ2v) is 1.97. The van der Waals surface area contributed by atoms with Crippen LogP contribution < -0.4 is 5.73 Å². The monoisotopic (exact) mass is 209 g/mol. The number of nitrogens with two attached hydrogens (primary N) is 1. The van der Waals surface area contributed by atoms with Crippen LogP contribution in [0.5, 0.6) is 0 Å². The van der Waals surface area contributed by atoms with Crippen LogP contribution in [0.3, 0.4) is 0 Å². The van der Waals surface area contributed by atoms with Crippen molar-refractivity contribution in [3.8, 4) is 0 Å². The van der Waals surface area contributed by atoms with E-state index >= 15 is 0 Å². The molecule has 0 aromatic carbocycles. The van der Waals surface area contributed by atoms with Gasteiger partial charge >= 0.3 is 5.97 Å². The Bertz CT molecular complexity index is 159. The molecule has 0 amide bonds. The van der Waals surface area contributed by atoms with Crippen LogP contribution in [-0.4, -0.2) is 39.8 Å². The van der Waals surface area contributed by atoms with Crippen LogP contribution in [0.4, 0.5) is 0 Å². The van der Waals surface area contributed by atoms with Gasteiger partial charge in [-0.2, -0.15) is 0 Å². The van der Waals surface area contributed by atoms with Crippen LogP contribution in [0.1, 0.15) is 20.3 Å². The largest absolute Gasteiger partial charge is 0.481 e. The van der Waals surface area contributed by atoms with Crippen molar-refractivity contribution in [2.75, 3.05) is 6.54 Å². The van der Waals surface area contributed by atoms with Crippen LogP contribution in [0.15, 0.2) is 0 Å². The molecule has 0 radical (unpaired) electrons. The van der Waals surface area contributed by atoms with Gasteiger partial charge in [0, 0.05) is 20.4 Å². The van der Waals surface area contributed by atoms with Crippen LogP contribution in [0.2, 0.25) is 0 Å². The molecular weight excluding hydrogens is 194 g/mol. The Balaban J connectivity index is -0.000000135. The summed E-state index contributed by atoms with van der Waals surface area (Å²) < 4.78 is 0. The van der Waals surface area contributed by atoms with Crippen LogP contribution in [0, 0.1) is 0 Å². The fourth-order valence-corrected chi connectivity index (χ4v) is 0.123. The van der Waals surface area contributed by atoms with Crippen molar-refractivity contribution in [3.05, 3.63) is 0 Å². The summed E-state index contributed by atoms with van der Waals surface area (Å²) in [5, 5.41) is 22.7. The molecule has 0 aliphatic rings. The van der Waals surface area contributed by atoms with Gasteiger partial charge in [0.2, 0.25) is 0 Å². The number of carboxylic acids is 3. The van der Waals surface area contributed by atoms with Gasteiger partial charge in [0.25, 0.3) is 11.9 Å². The molecule has 0 spiro atoms. The normalized spacial score (nSPS) is 7.07. The highest BCUT2D eigenvalue weighted by Crippen LogP contribution is 1.67. The van der Waals surface area contributed by atoms with Crippen molar-refractivity contribution in [2.24, 2.45) is 5.73 Å². The van der Waals surface area contributed by atoms with Gasteiger partial charge in [-0.1, -0.05) is 0 Å². The summed E-state index contributed by atoms with van der Waals surface area (Å²) in [6.45, 7) is 2.40. The molecule has 0 aliphatic heterocycles. The Morgan fingerprint density at radius 2 is 1.21 bits per heavy atom. The molecule has 7 nitrogen and oxygen atoms in total. The molecule has 0 aliphatic carbocycles. The third kappa shape index (κ3) is 485. The lowest BCUT2D eigenvalue weighted by molar-refractivity contribution is -0.137. The van der Waals surface area contributed by atoms with E-state index in [2.05, 4.69) is 0 Å². The molecule has 0 fully saturated rings. The van der Waals surface area contributed by atoms with Crippen molar-refractivity contribution in [2.45, 2.75) is 20.3 Å². The van der Waals surface area contributed by atoms with Gasteiger partial charge in [0.05, 0.1) is 6.42 Å². The molecule has 5 N–H and O–H groups in total. The number of carboxylic acid groups (broad SMARTS) is 3. The predicted octanol–water partition coefficient (Wildman–Crippen LogP) is -0.398. The van der Waals surface area contributed by atoms with Gasteiger partial charge in [-0.25, -0.2) is 0 Å². The van der Waals surface area contributed by atoms with E-state index in [1.165, 1.54) is 0 Å². The number of hydrogen-bond acceptors (Lipinski definition) is 4. The van der Waals surface area contributed by atoms with Crippen LogP contribution in [-0.2, 0) is 14.4 Å². The van der Waals surface area contributed by atoms with Crippen molar-refractivity contribution < 1.29 is 29.7 Å². The van der Waals surface area contributed by atoms with Crippen molar-refractivity contribution >= 4 is 17.9 Å². The first kappa shape index (κ1) is 18.2. The molecule has 7 heteroatoms. The lowest BCUT2D eigenvalue weighted by Gasteiger charge is -1.80. The molecule has 0 saturated carbocycles. The van der Waals surface area contributed by atoms with Gasteiger partial charge in [-0.15, -0.1) is 0 Å². The summed E-state index contributed by atoms with van der Waals surface area (Å²) in [5.41, 5.74) is 4.85. The SMILES string of the molecule is CC(=O)O.CC(=O)O.NCCC(=O)O. The highest BCUT2D eigenvalue weighted by Gasteiger charge is 1.87. The average molecular weight is 209 g/mol. The van der Waals surface area contributed by atoms with E-state index in [4.69, 9.17) is 30.6 Å². The first-order valence-electron chi connectivity index (χ1n) is 3.54. The minimum absolute atomic E-state index is 0.0694. The molecule has 14 heavy (non-hydrogen) atoms. The maximum Gasteiger partial charge on any atom is 0.304 e. The van der Waals surface area contributed by atoms with E-state index in [1.807, 2.05) is 0 Å². The summed E-state index contributed by atoms with van der Waals surface area (Å²) in [7, 11) is 0. The Morgan fingerprint density at radius 1 is 1.00 bits per heavy atom. The summed E-state index contributed by atoms with van der Waals surface area (Å²) in [6.07, 6.45) is 0.0694. The first-order chi connectivity index (χ1) is 6.23. The number of carbonyl (C=O) groups is 3. The zero-order valence-corrected chi connectivity index (χ0v) is 8.06. The van der Waals surface area contributed by atoms with Gasteiger partial charge in [-0.3, -0.25) is 14.4 Å². The molecule has 0 unspecified atom stereocenters. The van der Waals surface area contributed by atoms with Crippen molar-refractivity contribution in [3.63, 3.8) is 0 Å². The third-order valence-electron chi connectivity index (χ3n) is 0.358. The molecule has 0 heterocycles. The Hall–Kier alpha value is -1.63. The van der Waals surface area contributed by atoms with Crippen LogP contribution >= 0.6 is 0 Å². The van der Waals surface area contributed by atoms with E-state index in [9.17, 15) is 4.79 Å². The van der Waals surface area contributed by atoms with Gasteiger partial charge in [0.15, 0.2) is 0 Å². The molecule has 0 rings (SSSR count). The van der Waals surface area contributed by atoms with E-state index < -0.39 is 17.9 Å². The summed E-state index contributed by atoms with van der Waals surface area (Å²) in [5.74, 6) is -2.50. The van der Waals surface area contributed by atoms with E-state index in [0.29, 0.717) is 0 Å². The Kier molecular flexibility index (Phi) is 18.1. The second kappa shape index (κ2) is 13.9. The molecule has 84 valence electrons. The minimum Gasteiger partial charge on any atom is -0.481 e. The Morgan fingerprint density at radius 3 is 1.21 bits per heavy atom. The van der Waals surface area contributed by atoms with Gasteiger partial charge in [-0.05, 0) is 0 Å². The standard InChI is InChI=1S/C3H7NO2.2C2H4O2/c4-2-1-3(5)6;2*1-2(3)4/h1-2,4H2,(H,5,6);2*1H3,(H,3,4). The maximum absolute atomic E-state index is 9.52.